The minimum atomic E-state index is -1.38. The number of nitrogens with one attached hydrogen (secondary N) is 2. The first-order chi connectivity index (χ1) is 16.3. The Balaban J connectivity index is 1.47. The fourth-order valence-corrected chi connectivity index (χ4v) is 4.47. The van der Waals surface area contributed by atoms with Crippen LogP contribution in [0.5, 0.6) is 5.88 Å². The van der Waals surface area contributed by atoms with E-state index < -0.39 is 18.3 Å². The third kappa shape index (κ3) is 4.04. The maximum absolute atomic E-state index is 14.5. The molecule has 3 aromatic rings. The number of likely N-dealkylation sites (tertiary alicyclic amines) is 1. The number of hydrogen-bond acceptors (Lipinski definition) is 9. The van der Waals surface area contributed by atoms with Gasteiger partial charge in [-0.15, -0.1) is 10.2 Å². The van der Waals surface area contributed by atoms with Crippen molar-refractivity contribution in [3.8, 4) is 5.88 Å². The first-order valence-corrected chi connectivity index (χ1v) is 11.0. The van der Waals surface area contributed by atoms with Crippen LogP contribution in [0.3, 0.4) is 0 Å². The van der Waals surface area contributed by atoms with E-state index in [0.29, 0.717) is 23.0 Å². The predicted octanol–water partition coefficient (Wildman–Crippen LogP) is 1.05. The van der Waals surface area contributed by atoms with Crippen LogP contribution in [0, 0.1) is 6.92 Å². The third-order valence-electron chi connectivity index (χ3n) is 6.25. The average Bonchev–Trinajstić information content (AvgIpc) is 3.56. The number of amides is 1. The van der Waals surface area contributed by atoms with Gasteiger partial charge in [0.2, 0.25) is 5.95 Å². The molecule has 0 saturated carbocycles. The Labute approximate surface area is 194 Å². The molecule has 2 aliphatic rings. The number of aryl methyl sites for hydroxylation is 1. The maximum Gasteiger partial charge on any atom is 0.405 e. The number of hydrogen-bond donors (Lipinski definition) is 3. The number of aromatic nitrogens is 6. The van der Waals surface area contributed by atoms with Crippen LogP contribution in [0.25, 0.3) is 5.65 Å². The summed E-state index contributed by atoms with van der Waals surface area (Å²) in [6.45, 7) is 3.84. The number of ether oxygens (including phenoxy) is 1. The summed E-state index contributed by atoms with van der Waals surface area (Å²) in [5, 5.41) is 23.6. The predicted molar refractivity (Wildman–Crippen MR) is 121 cm³/mol. The summed E-state index contributed by atoms with van der Waals surface area (Å²) in [5.74, 6) is 1.09. The number of likely N-dealkylation sites (N-methyl/N-ethyl adjacent to an activating group) is 1. The molecule has 0 spiro atoms. The Morgan fingerprint density at radius 3 is 2.82 bits per heavy atom. The lowest BCUT2D eigenvalue weighted by atomic mass is 10.2. The second-order valence-corrected chi connectivity index (χ2v) is 8.73. The molecular weight excluding hydrogens is 447 g/mol. The lowest BCUT2D eigenvalue weighted by molar-refractivity contribution is 0.183. The number of nitrogens with zero attached hydrogens (tertiary/aromatic N) is 8. The van der Waals surface area contributed by atoms with Gasteiger partial charge in [-0.2, -0.15) is 4.98 Å². The van der Waals surface area contributed by atoms with Crippen LogP contribution in [-0.2, 0) is 0 Å². The summed E-state index contributed by atoms with van der Waals surface area (Å²) in [5.41, 5.74) is 1.89. The zero-order chi connectivity index (χ0) is 24.0. The summed E-state index contributed by atoms with van der Waals surface area (Å²) in [6.07, 6.45) is 1.91. The van der Waals surface area contributed by atoms with Gasteiger partial charge < -0.3 is 30.3 Å². The Hall–Kier alpha value is -3.68. The van der Waals surface area contributed by atoms with Crippen LogP contribution in [0.4, 0.5) is 26.6 Å². The van der Waals surface area contributed by atoms with E-state index in [9.17, 15) is 9.18 Å². The van der Waals surface area contributed by atoms with E-state index in [0.717, 1.165) is 25.2 Å². The smallest absolute Gasteiger partial charge is 0.405 e. The molecule has 2 aliphatic heterocycles. The Morgan fingerprint density at radius 1 is 1.29 bits per heavy atom. The van der Waals surface area contributed by atoms with Crippen molar-refractivity contribution >= 4 is 29.2 Å². The van der Waals surface area contributed by atoms with Crippen molar-refractivity contribution in [2.75, 3.05) is 50.6 Å². The minimum absolute atomic E-state index is 0.0277. The second-order valence-electron chi connectivity index (χ2n) is 8.73. The van der Waals surface area contributed by atoms with Gasteiger partial charge in [-0.05, 0) is 26.9 Å². The molecule has 13 nitrogen and oxygen atoms in total. The molecule has 34 heavy (non-hydrogen) atoms. The highest BCUT2D eigenvalue weighted by Gasteiger charge is 2.36. The molecule has 0 unspecified atom stereocenters. The van der Waals surface area contributed by atoms with Gasteiger partial charge in [0.1, 0.15) is 11.9 Å². The third-order valence-corrected chi connectivity index (χ3v) is 6.25. The van der Waals surface area contributed by atoms with Gasteiger partial charge in [-0.25, -0.2) is 18.7 Å². The van der Waals surface area contributed by atoms with Gasteiger partial charge >= 0.3 is 6.09 Å². The highest BCUT2D eigenvalue weighted by atomic mass is 19.1. The number of alkyl halides is 1. The summed E-state index contributed by atoms with van der Waals surface area (Å²) in [7, 11) is 3.64. The molecule has 14 heteroatoms. The number of halogens is 1. The fourth-order valence-electron chi connectivity index (χ4n) is 4.47. The average molecular weight is 475 g/mol. The molecule has 1 amide bonds. The van der Waals surface area contributed by atoms with Gasteiger partial charge in [0.25, 0.3) is 5.88 Å². The molecule has 3 aromatic heterocycles. The summed E-state index contributed by atoms with van der Waals surface area (Å²) in [6, 6.07) is -0.617. The second kappa shape index (κ2) is 8.59. The lowest BCUT2D eigenvalue weighted by Crippen LogP contribution is -2.40. The molecule has 3 N–H and O–H groups in total. The van der Waals surface area contributed by atoms with E-state index in [-0.39, 0.29) is 25.1 Å². The first-order valence-electron chi connectivity index (χ1n) is 11.0. The van der Waals surface area contributed by atoms with Crippen LogP contribution >= 0.6 is 0 Å². The van der Waals surface area contributed by atoms with Gasteiger partial charge in [0, 0.05) is 13.1 Å². The monoisotopic (exact) mass is 474 g/mol. The van der Waals surface area contributed by atoms with Crippen molar-refractivity contribution in [3.63, 3.8) is 0 Å². The molecule has 2 fully saturated rings. The number of rotatable bonds is 6. The maximum atomic E-state index is 14.5. The lowest BCUT2D eigenvalue weighted by Gasteiger charge is -2.17. The highest BCUT2D eigenvalue weighted by Crippen LogP contribution is 2.31. The molecular formula is C20H27FN10O3. The normalized spacial score (nSPS) is 23.1. The van der Waals surface area contributed by atoms with E-state index in [4.69, 9.17) is 9.84 Å². The molecule has 3 atom stereocenters. The summed E-state index contributed by atoms with van der Waals surface area (Å²) < 4.78 is 23.5. The number of fused-ring (bicyclic) bond motifs is 1. The van der Waals surface area contributed by atoms with Crippen LogP contribution in [0.1, 0.15) is 18.2 Å². The number of methoxy groups -OCH3 is 1. The summed E-state index contributed by atoms with van der Waals surface area (Å²) >= 11 is 0. The standard InChI is InChI=1S/C20H27FN10O3/c1-11-6-22-17-16(23-15-10-30(26-18(15)34-3)12-4-5-28(2)7-12)25-19(27-31(11)17)29-8-13(21)14(9-29)24-20(32)33/h6,10,12-14,24H,4-5,7-9H2,1-3H3,(H,32,33)(H,23,25,27)/t12-,13+,14+/m0/s1. The van der Waals surface area contributed by atoms with Crippen molar-refractivity contribution < 1.29 is 19.0 Å². The molecule has 0 radical (unpaired) electrons. The minimum Gasteiger partial charge on any atom is -0.478 e. The van der Waals surface area contributed by atoms with Crippen molar-refractivity contribution in [1.29, 1.82) is 0 Å². The van der Waals surface area contributed by atoms with E-state index in [1.54, 1.807) is 22.7 Å². The topological polar surface area (TPSA) is 138 Å². The van der Waals surface area contributed by atoms with Crippen LogP contribution in [-0.4, -0.2) is 98.0 Å². The van der Waals surface area contributed by atoms with Crippen molar-refractivity contribution in [2.24, 2.45) is 0 Å². The van der Waals surface area contributed by atoms with Gasteiger partial charge in [-0.3, -0.25) is 4.68 Å². The highest BCUT2D eigenvalue weighted by molar-refractivity contribution is 5.73. The van der Waals surface area contributed by atoms with Crippen molar-refractivity contribution in [3.05, 3.63) is 18.1 Å². The van der Waals surface area contributed by atoms with Crippen LogP contribution < -0.4 is 20.3 Å². The molecule has 5 rings (SSSR count). The van der Waals surface area contributed by atoms with E-state index in [2.05, 4.69) is 42.7 Å². The van der Waals surface area contributed by atoms with Gasteiger partial charge in [0.15, 0.2) is 11.5 Å². The summed E-state index contributed by atoms with van der Waals surface area (Å²) in [4.78, 5) is 23.9. The number of carbonyl (C=O) groups is 1. The molecule has 0 aromatic carbocycles. The molecule has 182 valence electrons. The van der Waals surface area contributed by atoms with Gasteiger partial charge in [-0.1, -0.05) is 0 Å². The Bertz CT molecular complexity index is 1210. The Kier molecular flexibility index (Phi) is 5.59. The Morgan fingerprint density at radius 2 is 2.12 bits per heavy atom. The van der Waals surface area contributed by atoms with Crippen LogP contribution in [0.15, 0.2) is 12.4 Å². The van der Waals surface area contributed by atoms with Crippen molar-refractivity contribution in [2.45, 2.75) is 31.6 Å². The van der Waals surface area contributed by atoms with E-state index in [1.807, 2.05) is 17.8 Å². The number of carboxylic acid groups (broad SMARTS) is 1. The van der Waals surface area contributed by atoms with E-state index in [1.165, 1.54) is 0 Å². The molecule has 0 aliphatic carbocycles. The van der Waals surface area contributed by atoms with E-state index >= 15 is 0 Å². The quantitative estimate of drug-likeness (QED) is 0.475. The zero-order valence-electron chi connectivity index (χ0n) is 19.1. The molecule has 2 saturated heterocycles. The number of anilines is 3. The van der Waals surface area contributed by atoms with Crippen LogP contribution in [0.2, 0.25) is 0 Å². The number of imidazole rings is 1. The molecule has 5 heterocycles. The first kappa shape index (κ1) is 22.1. The SMILES string of the molecule is COc1nn([C@H]2CCN(C)C2)cc1Nc1nc(N2C[C@@H](F)[C@H](NC(=O)O)C2)nn2c(C)cnc12. The van der Waals surface area contributed by atoms with Crippen molar-refractivity contribution in [1.82, 2.24) is 39.6 Å². The largest absolute Gasteiger partial charge is 0.478 e. The molecule has 0 bridgehead atoms. The fraction of sp³-hybridized carbons (Fsp3) is 0.550. The zero-order valence-corrected chi connectivity index (χ0v) is 19.1. The van der Waals surface area contributed by atoms with Gasteiger partial charge in [0.05, 0.1) is 43.8 Å².